The minimum atomic E-state index is -0.300. The fourth-order valence-electron chi connectivity index (χ4n) is 2.60. The van der Waals surface area contributed by atoms with E-state index in [0.717, 1.165) is 42.4 Å². The van der Waals surface area contributed by atoms with E-state index in [4.69, 9.17) is 11.6 Å². The zero-order valence-corrected chi connectivity index (χ0v) is 11.3. The van der Waals surface area contributed by atoms with Crippen molar-refractivity contribution in [3.8, 4) is 0 Å². The average molecular weight is 278 g/mol. The third-order valence-corrected chi connectivity index (χ3v) is 3.89. The molecule has 3 rings (SSSR count). The van der Waals surface area contributed by atoms with Crippen LogP contribution in [0.15, 0.2) is 24.5 Å². The molecule has 1 aliphatic rings. The molecule has 4 nitrogen and oxygen atoms in total. The van der Waals surface area contributed by atoms with Gasteiger partial charge in [0.05, 0.1) is 17.7 Å². The Balaban J connectivity index is 1.92. The van der Waals surface area contributed by atoms with Crippen molar-refractivity contribution in [1.82, 2.24) is 9.97 Å². The predicted molar refractivity (Wildman–Crippen MR) is 76.4 cm³/mol. The van der Waals surface area contributed by atoms with Crippen LogP contribution in [0.5, 0.6) is 0 Å². The van der Waals surface area contributed by atoms with Crippen molar-refractivity contribution in [2.24, 2.45) is 0 Å². The van der Waals surface area contributed by atoms with E-state index in [2.05, 4.69) is 15.3 Å². The summed E-state index contributed by atoms with van der Waals surface area (Å²) in [5.41, 5.74) is 0.815. The van der Waals surface area contributed by atoms with Crippen LogP contribution < -0.4 is 5.32 Å². The predicted octanol–water partition coefficient (Wildman–Crippen LogP) is 3.00. The lowest BCUT2D eigenvalue weighted by Crippen LogP contribution is -2.36. The monoisotopic (exact) mass is 277 g/mol. The number of halogens is 1. The molecule has 0 saturated heterocycles. The summed E-state index contributed by atoms with van der Waals surface area (Å²) in [6.45, 7) is 0. The second-order valence-corrected chi connectivity index (χ2v) is 5.42. The number of nitrogens with zero attached hydrogens (tertiary/aromatic N) is 2. The van der Waals surface area contributed by atoms with Gasteiger partial charge in [-0.2, -0.15) is 0 Å². The fraction of sp³-hybridized carbons (Fsp3) is 0.429. The van der Waals surface area contributed by atoms with Crippen molar-refractivity contribution in [3.05, 3.63) is 29.5 Å². The Morgan fingerprint density at radius 1 is 1.21 bits per heavy atom. The minimum absolute atomic E-state index is 0.0718. The molecule has 0 spiro atoms. The summed E-state index contributed by atoms with van der Waals surface area (Å²) in [5, 5.41) is 15.0. The Labute approximate surface area is 116 Å². The second kappa shape index (κ2) is 5.31. The first kappa shape index (κ1) is 12.6. The molecule has 1 saturated carbocycles. The molecule has 1 aromatic carbocycles. The molecule has 1 aromatic heterocycles. The van der Waals surface area contributed by atoms with Crippen LogP contribution in [-0.4, -0.2) is 27.2 Å². The van der Waals surface area contributed by atoms with Gasteiger partial charge < -0.3 is 10.4 Å². The summed E-state index contributed by atoms with van der Waals surface area (Å²) in [7, 11) is 0. The van der Waals surface area contributed by atoms with Gasteiger partial charge in [-0.25, -0.2) is 9.97 Å². The SMILES string of the molecule is OC1CCCCC1Nc1ncnc2cc(Cl)ccc12. The van der Waals surface area contributed by atoms with Gasteiger partial charge in [-0.1, -0.05) is 24.4 Å². The van der Waals surface area contributed by atoms with Crippen LogP contribution in [0, 0.1) is 0 Å². The van der Waals surface area contributed by atoms with Crippen molar-refractivity contribution in [2.45, 2.75) is 37.8 Å². The highest BCUT2D eigenvalue weighted by Crippen LogP contribution is 2.26. The Bertz CT molecular complexity index is 590. The molecule has 100 valence electrons. The van der Waals surface area contributed by atoms with E-state index < -0.39 is 0 Å². The molecule has 2 unspecified atom stereocenters. The maximum atomic E-state index is 10.0. The third-order valence-electron chi connectivity index (χ3n) is 3.65. The third kappa shape index (κ3) is 2.65. The zero-order valence-electron chi connectivity index (χ0n) is 10.5. The van der Waals surface area contributed by atoms with Gasteiger partial charge in [0.25, 0.3) is 0 Å². The number of hydrogen-bond acceptors (Lipinski definition) is 4. The lowest BCUT2D eigenvalue weighted by molar-refractivity contribution is 0.116. The Hall–Kier alpha value is -1.39. The smallest absolute Gasteiger partial charge is 0.137 e. The number of aromatic nitrogens is 2. The zero-order chi connectivity index (χ0) is 13.2. The number of aliphatic hydroxyl groups is 1. The molecule has 0 bridgehead atoms. The number of rotatable bonds is 2. The van der Waals surface area contributed by atoms with Crippen molar-refractivity contribution >= 4 is 28.3 Å². The van der Waals surface area contributed by atoms with E-state index in [0.29, 0.717) is 5.02 Å². The summed E-state index contributed by atoms with van der Waals surface area (Å²) in [4.78, 5) is 8.51. The molecule has 0 aliphatic heterocycles. The molecular formula is C14H16ClN3O. The maximum Gasteiger partial charge on any atom is 0.137 e. The van der Waals surface area contributed by atoms with Gasteiger partial charge >= 0.3 is 0 Å². The van der Waals surface area contributed by atoms with Crippen molar-refractivity contribution in [2.75, 3.05) is 5.32 Å². The molecule has 2 atom stereocenters. The fourth-order valence-corrected chi connectivity index (χ4v) is 2.77. The summed E-state index contributed by atoms with van der Waals surface area (Å²) < 4.78 is 0. The molecular weight excluding hydrogens is 262 g/mol. The van der Waals surface area contributed by atoms with E-state index in [9.17, 15) is 5.11 Å². The highest BCUT2D eigenvalue weighted by molar-refractivity contribution is 6.31. The highest BCUT2D eigenvalue weighted by atomic mass is 35.5. The van der Waals surface area contributed by atoms with Crippen LogP contribution in [0.3, 0.4) is 0 Å². The highest BCUT2D eigenvalue weighted by Gasteiger charge is 2.23. The molecule has 5 heteroatoms. The number of benzene rings is 1. The van der Waals surface area contributed by atoms with Crippen LogP contribution >= 0.6 is 11.6 Å². The normalized spacial score (nSPS) is 23.5. The van der Waals surface area contributed by atoms with Gasteiger partial charge in [-0.05, 0) is 31.0 Å². The summed E-state index contributed by atoms with van der Waals surface area (Å²) in [6, 6.07) is 5.63. The van der Waals surface area contributed by atoms with Gasteiger partial charge in [-0.15, -0.1) is 0 Å². The first-order valence-corrected chi connectivity index (χ1v) is 6.97. The van der Waals surface area contributed by atoms with Gasteiger partial charge in [0.1, 0.15) is 12.1 Å². The number of fused-ring (bicyclic) bond motifs is 1. The van der Waals surface area contributed by atoms with Crippen LogP contribution in [0.2, 0.25) is 5.02 Å². The van der Waals surface area contributed by atoms with E-state index in [1.165, 1.54) is 6.33 Å². The van der Waals surface area contributed by atoms with Gasteiger partial charge in [-0.3, -0.25) is 0 Å². The standard InChI is InChI=1S/C14H16ClN3O/c15-9-5-6-10-12(7-9)16-8-17-14(10)18-11-3-1-2-4-13(11)19/h5-8,11,13,19H,1-4H2,(H,16,17,18). The maximum absolute atomic E-state index is 10.0. The topological polar surface area (TPSA) is 58.0 Å². The lowest BCUT2D eigenvalue weighted by atomic mass is 9.92. The molecule has 2 N–H and O–H groups in total. The Morgan fingerprint density at radius 3 is 2.89 bits per heavy atom. The van der Waals surface area contributed by atoms with Crippen molar-refractivity contribution in [3.63, 3.8) is 0 Å². The molecule has 1 heterocycles. The number of aliphatic hydroxyl groups excluding tert-OH is 1. The number of anilines is 1. The van der Waals surface area contributed by atoms with Crippen molar-refractivity contribution < 1.29 is 5.11 Å². The van der Waals surface area contributed by atoms with Crippen LogP contribution in [-0.2, 0) is 0 Å². The largest absolute Gasteiger partial charge is 0.391 e. The molecule has 2 aromatic rings. The Kier molecular flexibility index (Phi) is 3.53. The van der Waals surface area contributed by atoms with Gasteiger partial charge in [0, 0.05) is 10.4 Å². The number of nitrogens with one attached hydrogen (secondary N) is 1. The van der Waals surface area contributed by atoms with Crippen LogP contribution in [0.25, 0.3) is 10.9 Å². The molecule has 0 radical (unpaired) electrons. The van der Waals surface area contributed by atoms with Gasteiger partial charge in [0.2, 0.25) is 0 Å². The molecule has 1 aliphatic carbocycles. The molecule has 0 amide bonds. The van der Waals surface area contributed by atoms with E-state index in [1.54, 1.807) is 0 Å². The molecule has 19 heavy (non-hydrogen) atoms. The van der Waals surface area contributed by atoms with Crippen molar-refractivity contribution in [1.29, 1.82) is 0 Å². The summed E-state index contributed by atoms with van der Waals surface area (Å²) >= 11 is 5.97. The first-order chi connectivity index (χ1) is 9.24. The summed E-state index contributed by atoms with van der Waals surface area (Å²) in [6.07, 6.45) is 5.29. The van der Waals surface area contributed by atoms with Crippen LogP contribution in [0.4, 0.5) is 5.82 Å². The second-order valence-electron chi connectivity index (χ2n) is 4.99. The first-order valence-electron chi connectivity index (χ1n) is 6.59. The van der Waals surface area contributed by atoms with Gasteiger partial charge in [0.15, 0.2) is 0 Å². The minimum Gasteiger partial charge on any atom is -0.391 e. The molecule has 1 fully saturated rings. The van der Waals surface area contributed by atoms with E-state index >= 15 is 0 Å². The van der Waals surface area contributed by atoms with E-state index in [-0.39, 0.29) is 12.1 Å². The Morgan fingerprint density at radius 2 is 2.05 bits per heavy atom. The number of hydrogen-bond donors (Lipinski definition) is 2. The average Bonchev–Trinajstić information content (AvgIpc) is 2.41. The van der Waals surface area contributed by atoms with E-state index in [1.807, 2.05) is 18.2 Å². The lowest BCUT2D eigenvalue weighted by Gasteiger charge is -2.29. The quantitative estimate of drug-likeness (QED) is 0.886. The summed E-state index contributed by atoms with van der Waals surface area (Å²) in [5.74, 6) is 0.771. The van der Waals surface area contributed by atoms with Crippen LogP contribution in [0.1, 0.15) is 25.7 Å².